The summed E-state index contributed by atoms with van der Waals surface area (Å²) in [4.78, 5) is 4.15. The first kappa shape index (κ1) is 15.5. The van der Waals surface area contributed by atoms with Gasteiger partial charge in [0.05, 0.1) is 6.04 Å². The Morgan fingerprint density at radius 1 is 1.14 bits per heavy atom. The van der Waals surface area contributed by atoms with Crippen molar-refractivity contribution in [3.05, 3.63) is 64.7 Å². The monoisotopic (exact) mass is 294 g/mol. The lowest BCUT2D eigenvalue weighted by Crippen LogP contribution is -2.25. The van der Waals surface area contributed by atoms with E-state index in [0.29, 0.717) is 24.2 Å². The quantitative estimate of drug-likeness (QED) is 0.904. The van der Waals surface area contributed by atoms with Crippen LogP contribution in [0.2, 0.25) is 0 Å². The zero-order valence-electron chi connectivity index (χ0n) is 12.0. The smallest absolute Gasteiger partial charge is 0.134 e. The van der Waals surface area contributed by atoms with E-state index in [4.69, 9.17) is 0 Å². The van der Waals surface area contributed by atoms with Crippen LogP contribution in [0.4, 0.5) is 13.2 Å². The Morgan fingerprint density at radius 2 is 1.81 bits per heavy atom. The fraction of sp³-hybridized carbons (Fsp3) is 0.312. The number of benzene rings is 1. The first-order valence-corrected chi connectivity index (χ1v) is 6.83. The van der Waals surface area contributed by atoms with Crippen LogP contribution in [0, 0.1) is 24.4 Å². The molecule has 0 fully saturated rings. The molecule has 1 N–H and O–H groups in total. The van der Waals surface area contributed by atoms with Crippen LogP contribution in [0.25, 0.3) is 0 Å². The van der Waals surface area contributed by atoms with Crippen molar-refractivity contribution in [2.75, 3.05) is 6.54 Å². The van der Waals surface area contributed by atoms with Gasteiger partial charge in [-0.25, -0.2) is 13.2 Å². The topological polar surface area (TPSA) is 24.9 Å². The molecule has 2 nitrogen and oxygen atoms in total. The Balaban J connectivity index is 2.47. The molecule has 0 spiro atoms. The summed E-state index contributed by atoms with van der Waals surface area (Å²) in [5.41, 5.74) is 1.27. The van der Waals surface area contributed by atoms with Gasteiger partial charge < -0.3 is 5.32 Å². The van der Waals surface area contributed by atoms with Crippen molar-refractivity contribution in [3.8, 4) is 0 Å². The van der Waals surface area contributed by atoms with Gasteiger partial charge in [0.25, 0.3) is 0 Å². The molecule has 0 saturated carbocycles. The van der Waals surface area contributed by atoms with Gasteiger partial charge in [-0.3, -0.25) is 4.98 Å². The van der Waals surface area contributed by atoms with Gasteiger partial charge in [0.1, 0.15) is 17.5 Å². The number of hydrogen-bond donors (Lipinski definition) is 1. The van der Waals surface area contributed by atoms with Crippen LogP contribution in [-0.2, 0) is 0 Å². The maximum Gasteiger partial charge on any atom is 0.134 e. The van der Waals surface area contributed by atoms with E-state index in [-0.39, 0.29) is 5.56 Å². The number of rotatable bonds is 5. The lowest BCUT2D eigenvalue weighted by Gasteiger charge is -2.20. The second kappa shape index (κ2) is 6.72. The average molecular weight is 294 g/mol. The van der Waals surface area contributed by atoms with E-state index in [1.54, 1.807) is 18.3 Å². The van der Waals surface area contributed by atoms with E-state index in [1.807, 2.05) is 13.8 Å². The maximum atomic E-state index is 14.0. The molecule has 0 aliphatic rings. The summed E-state index contributed by atoms with van der Waals surface area (Å²) in [6.45, 7) is 4.36. The molecule has 0 aliphatic heterocycles. The van der Waals surface area contributed by atoms with Gasteiger partial charge in [-0.05, 0) is 31.5 Å². The van der Waals surface area contributed by atoms with Crippen molar-refractivity contribution in [1.82, 2.24) is 10.3 Å². The molecule has 21 heavy (non-hydrogen) atoms. The van der Waals surface area contributed by atoms with Crippen LogP contribution in [0.5, 0.6) is 0 Å². The van der Waals surface area contributed by atoms with Gasteiger partial charge in [-0.2, -0.15) is 0 Å². The molecule has 0 aliphatic carbocycles. The second-order valence-electron chi connectivity index (χ2n) is 4.90. The maximum absolute atomic E-state index is 14.0. The van der Waals surface area contributed by atoms with Crippen molar-refractivity contribution < 1.29 is 13.2 Å². The molecule has 0 amide bonds. The molecule has 2 rings (SSSR count). The van der Waals surface area contributed by atoms with Crippen LogP contribution in [0.3, 0.4) is 0 Å². The third kappa shape index (κ3) is 3.61. The van der Waals surface area contributed by atoms with E-state index in [2.05, 4.69) is 10.3 Å². The summed E-state index contributed by atoms with van der Waals surface area (Å²) in [6.07, 6.45) is 2.38. The van der Waals surface area contributed by atoms with E-state index >= 15 is 0 Å². The number of halogens is 3. The number of pyridine rings is 1. The fourth-order valence-electron chi connectivity index (χ4n) is 2.15. The first-order valence-electron chi connectivity index (χ1n) is 6.83. The Bertz CT molecular complexity index is 588. The van der Waals surface area contributed by atoms with Crippen molar-refractivity contribution in [2.24, 2.45) is 0 Å². The molecule has 1 heterocycles. The number of nitrogens with one attached hydrogen (secondary N) is 1. The Morgan fingerprint density at radius 3 is 2.33 bits per heavy atom. The summed E-state index contributed by atoms with van der Waals surface area (Å²) in [7, 11) is 0. The first-order chi connectivity index (χ1) is 10.0. The third-order valence-electron chi connectivity index (χ3n) is 3.20. The summed E-state index contributed by atoms with van der Waals surface area (Å²) in [6, 6.07) is 4.23. The molecule has 1 aromatic carbocycles. The van der Waals surface area contributed by atoms with Gasteiger partial charge in [0, 0.05) is 29.6 Å². The lowest BCUT2D eigenvalue weighted by molar-refractivity contribution is 0.486. The van der Waals surface area contributed by atoms with Gasteiger partial charge in [0.15, 0.2) is 0 Å². The second-order valence-corrected chi connectivity index (χ2v) is 4.90. The summed E-state index contributed by atoms with van der Waals surface area (Å²) in [5.74, 6) is -2.73. The molecule has 0 saturated heterocycles. The molecule has 5 heteroatoms. The Hall–Kier alpha value is -1.88. The molecular formula is C16H17F3N2. The van der Waals surface area contributed by atoms with Crippen LogP contribution < -0.4 is 5.32 Å². The van der Waals surface area contributed by atoms with Crippen molar-refractivity contribution in [1.29, 1.82) is 0 Å². The molecular weight excluding hydrogens is 277 g/mol. The van der Waals surface area contributed by atoms with Crippen molar-refractivity contribution >= 4 is 0 Å². The lowest BCUT2D eigenvalue weighted by atomic mass is 9.98. The van der Waals surface area contributed by atoms with Crippen LogP contribution >= 0.6 is 0 Å². The standard InChI is InChI=1S/C16H17F3N2/c1-3-6-20-16(11-5-4-10(2)21-9-11)15-13(18)7-12(17)8-14(15)19/h4-5,7-9,16,20H,3,6H2,1-2H3. The summed E-state index contributed by atoms with van der Waals surface area (Å²) < 4.78 is 41.1. The molecule has 0 radical (unpaired) electrons. The van der Waals surface area contributed by atoms with Gasteiger partial charge in [-0.15, -0.1) is 0 Å². The molecule has 0 bridgehead atoms. The molecule has 2 aromatic rings. The summed E-state index contributed by atoms with van der Waals surface area (Å²) in [5, 5.41) is 3.08. The highest BCUT2D eigenvalue weighted by Crippen LogP contribution is 2.27. The number of aromatic nitrogens is 1. The number of aryl methyl sites for hydroxylation is 1. The van der Waals surface area contributed by atoms with Crippen LogP contribution in [0.1, 0.15) is 36.2 Å². The van der Waals surface area contributed by atoms with E-state index < -0.39 is 23.5 Å². The highest BCUT2D eigenvalue weighted by atomic mass is 19.1. The number of hydrogen-bond acceptors (Lipinski definition) is 2. The molecule has 112 valence electrons. The predicted octanol–water partition coefficient (Wildman–Crippen LogP) is 3.90. The normalized spacial score (nSPS) is 12.4. The van der Waals surface area contributed by atoms with Crippen LogP contribution in [-0.4, -0.2) is 11.5 Å². The Kier molecular flexibility index (Phi) is 4.96. The minimum atomic E-state index is -0.926. The minimum absolute atomic E-state index is 0.185. The van der Waals surface area contributed by atoms with Crippen molar-refractivity contribution in [2.45, 2.75) is 26.3 Å². The summed E-state index contributed by atoms with van der Waals surface area (Å²) >= 11 is 0. The predicted molar refractivity (Wildman–Crippen MR) is 75.4 cm³/mol. The molecule has 1 aromatic heterocycles. The third-order valence-corrected chi connectivity index (χ3v) is 3.20. The average Bonchev–Trinajstić information content (AvgIpc) is 2.42. The SMILES string of the molecule is CCCNC(c1ccc(C)nc1)c1c(F)cc(F)cc1F. The molecule has 1 atom stereocenters. The van der Waals surface area contributed by atoms with E-state index in [9.17, 15) is 13.2 Å². The van der Waals surface area contributed by atoms with Gasteiger partial charge in [0.2, 0.25) is 0 Å². The van der Waals surface area contributed by atoms with Gasteiger partial charge in [-0.1, -0.05) is 13.0 Å². The Labute approximate surface area is 122 Å². The zero-order chi connectivity index (χ0) is 15.4. The van der Waals surface area contributed by atoms with Crippen molar-refractivity contribution in [3.63, 3.8) is 0 Å². The highest BCUT2D eigenvalue weighted by molar-refractivity contribution is 5.33. The van der Waals surface area contributed by atoms with Crippen LogP contribution in [0.15, 0.2) is 30.5 Å². The highest BCUT2D eigenvalue weighted by Gasteiger charge is 2.22. The van der Waals surface area contributed by atoms with E-state index in [1.165, 1.54) is 0 Å². The zero-order valence-corrected chi connectivity index (χ0v) is 12.0. The molecule has 1 unspecified atom stereocenters. The number of nitrogens with zero attached hydrogens (tertiary/aromatic N) is 1. The van der Waals surface area contributed by atoms with Gasteiger partial charge >= 0.3 is 0 Å². The largest absolute Gasteiger partial charge is 0.306 e. The van der Waals surface area contributed by atoms with E-state index in [0.717, 1.165) is 12.1 Å². The fourth-order valence-corrected chi connectivity index (χ4v) is 2.15. The minimum Gasteiger partial charge on any atom is -0.306 e.